The van der Waals surface area contributed by atoms with Gasteiger partial charge in [-0.2, -0.15) is 5.10 Å². The molecule has 0 bridgehead atoms. The van der Waals surface area contributed by atoms with Crippen LogP contribution in [0.5, 0.6) is 0 Å². The third kappa shape index (κ3) is 3.24. The molecule has 19 heavy (non-hydrogen) atoms. The highest BCUT2D eigenvalue weighted by Gasteiger charge is 2.20. The van der Waals surface area contributed by atoms with Gasteiger partial charge in [-0.3, -0.25) is 5.10 Å². The summed E-state index contributed by atoms with van der Waals surface area (Å²) in [5.74, 6) is 0. The first-order chi connectivity index (χ1) is 8.90. The molecule has 0 saturated heterocycles. The van der Waals surface area contributed by atoms with Crippen LogP contribution in [-0.2, 0) is 10.0 Å². The maximum absolute atomic E-state index is 12.1. The predicted molar refractivity (Wildman–Crippen MR) is 71.6 cm³/mol. The van der Waals surface area contributed by atoms with Gasteiger partial charge in [0.15, 0.2) is 0 Å². The minimum atomic E-state index is -3.72. The number of pyridine rings is 1. The van der Waals surface area contributed by atoms with Crippen molar-refractivity contribution < 1.29 is 8.42 Å². The van der Waals surface area contributed by atoms with E-state index in [2.05, 4.69) is 19.9 Å². The molecular weight excluding hydrogens is 311 g/mol. The summed E-state index contributed by atoms with van der Waals surface area (Å²) in [4.78, 5) is 3.67. The zero-order chi connectivity index (χ0) is 14.0. The molecule has 0 saturated carbocycles. The molecule has 0 amide bonds. The number of hydrogen-bond donors (Lipinski definition) is 2. The van der Waals surface area contributed by atoms with E-state index in [0.717, 1.165) is 11.8 Å². The van der Waals surface area contributed by atoms with Gasteiger partial charge in [0.25, 0.3) is 0 Å². The van der Waals surface area contributed by atoms with Gasteiger partial charge in [0.2, 0.25) is 10.0 Å². The molecule has 0 radical (unpaired) electrons. The van der Waals surface area contributed by atoms with Crippen LogP contribution < -0.4 is 4.72 Å². The van der Waals surface area contributed by atoms with Crippen molar-refractivity contribution in [1.82, 2.24) is 19.9 Å². The average Bonchev–Trinajstić information content (AvgIpc) is 2.85. The molecule has 2 heterocycles. The molecule has 0 aliphatic heterocycles. The first-order valence-electron chi connectivity index (χ1n) is 5.22. The van der Waals surface area contributed by atoms with E-state index in [9.17, 15) is 8.42 Å². The lowest BCUT2D eigenvalue weighted by molar-refractivity contribution is 0.566. The monoisotopic (exact) mass is 320 g/mol. The van der Waals surface area contributed by atoms with Crippen LogP contribution in [0.15, 0.2) is 29.6 Å². The largest absolute Gasteiger partial charge is 0.285 e. The van der Waals surface area contributed by atoms with Crippen LogP contribution in [0, 0.1) is 0 Å². The fourth-order valence-electron chi connectivity index (χ4n) is 1.42. The lowest BCUT2D eigenvalue weighted by atomic mass is 10.2. The molecule has 0 aliphatic rings. The minimum absolute atomic E-state index is 0.0442. The zero-order valence-corrected chi connectivity index (χ0v) is 12.1. The van der Waals surface area contributed by atoms with Crippen LogP contribution in [-0.4, -0.2) is 23.6 Å². The number of aromatic amines is 1. The van der Waals surface area contributed by atoms with Crippen molar-refractivity contribution in [3.8, 4) is 0 Å². The van der Waals surface area contributed by atoms with Crippen LogP contribution in [0.3, 0.4) is 0 Å². The number of nitrogens with one attached hydrogen (secondary N) is 2. The highest BCUT2D eigenvalue weighted by molar-refractivity contribution is 7.89. The topological polar surface area (TPSA) is 87.7 Å². The second-order valence-electron chi connectivity index (χ2n) is 3.82. The fraction of sp³-hybridized carbons (Fsp3) is 0.200. The summed E-state index contributed by atoms with van der Waals surface area (Å²) in [6, 6.07) is 0.819. The van der Waals surface area contributed by atoms with Crippen LogP contribution in [0.2, 0.25) is 10.2 Å². The number of rotatable bonds is 4. The third-order valence-electron chi connectivity index (χ3n) is 2.43. The fourth-order valence-corrected chi connectivity index (χ4v) is 2.95. The molecule has 0 aromatic carbocycles. The van der Waals surface area contributed by atoms with Crippen molar-refractivity contribution >= 4 is 33.2 Å². The van der Waals surface area contributed by atoms with Crippen molar-refractivity contribution in [3.05, 3.63) is 40.4 Å². The summed E-state index contributed by atoms with van der Waals surface area (Å²) in [7, 11) is -3.72. The van der Waals surface area contributed by atoms with Gasteiger partial charge in [-0.25, -0.2) is 18.1 Å². The molecule has 2 aromatic rings. The van der Waals surface area contributed by atoms with Crippen molar-refractivity contribution in [3.63, 3.8) is 0 Å². The van der Waals surface area contributed by atoms with Gasteiger partial charge in [0.1, 0.15) is 10.0 Å². The second-order valence-corrected chi connectivity index (χ2v) is 6.30. The Labute approximate surface area is 120 Å². The first-order valence-corrected chi connectivity index (χ1v) is 7.46. The first kappa shape index (κ1) is 14.3. The van der Waals surface area contributed by atoms with Crippen molar-refractivity contribution in [2.75, 3.05) is 0 Å². The highest BCUT2D eigenvalue weighted by atomic mass is 35.5. The molecule has 102 valence electrons. The predicted octanol–water partition coefficient (Wildman–Crippen LogP) is 2.15. The van der Waals surface area contributed by atoms with Crippen LogP contribution in [0.1, 0.15) is 18.5 Å². The maximum atomic E-state index is 12.1. The molecule has 1 atom stereocenters. The van der Waals surface area contributed by atoms with E-state index in [1.54, 1.807) is 19.3 Å². The van der Waals surface area contributed by atoms with Gasteiger partial charge in [0, 0.05) is 24.0 Å². The molecule has 6 nitrogen and oxygen atoms in total. The third-order valence-corrected chi connectivity index (χ3v) is 4.63. The van der Waals surface area contributed by atoms with Crippen LogP contribution in [0.4, 0.5) is 0 Å². The Hall–Kier alpha value is -1.15. The van der Waals surface area contributed by atoms with Crippen molar-refractivity contribution in [2.45, 2.75) is 17.9 Å². The average molecular weight is 321 g/mol. The molecule has 0 aliphatic carbocycles. The van der Waals surface area contributed by atoms with E-state index in [-0.39, 0.29) is 15.1 Å². The smallest absolute Gasteiger partial charge is 0.242 e. The number of H-pyrrole nitrogens is 1. The number of hydrogen-bond acceptors (Lipinski definition) is 4. The Morgan fingerprint density at radius 3 is 2.68 bits per heavy atom. The van der Waals surface area contributed by atoms with Gasteiger partial charge in [-0.1, -0.05) is 23.2 Å². The van der Waals surface area contributed by atoms with Crippen molar-refractivity contribution in [2.24, 2.45) is 0 Å². The Morgan fingerprint density at radius 2 is 2.11 bits per heavy atom. The summed E-state index contributed by atoms with van der Waals surface area (Å²) in [5.41, 5.74) is 0.719. The molecule has 2 rings (SSSR count). The molecule has 2 N–H and O–H groups in total. The Morgan fingerprint density at radius 1 is 1.37 bits per heavy atom. The van der Waals surface area contributed by atoms with E-state index in [1.165, 1.54) is 6.07 Å². The highest BCUT2D eigenvalue weighted by Crippen LogP contribution is 2.23. The SMILES string of the molecule is CC(NS(=O)(=O)c1cnc(Cl)c(Cl)c1)c1cn[nH]c1. The molecule has 0 spiro atoms. The summed E-state index contributed by atoms with van der Waals surface area (Å²) in [5, 5.41) is 6.52. The number of nitrogens with zero attached hydrogens (tertiary/aromatic N) is 2. The number of halogens is 2. The van der Waals surface area contributed by atoms with Gasteiger partial charge in [-0.15, -0.1) is 0 Å². The molecular formula is C10H10Cl2N4O2S. The van der Waals surface area contributed by atoms with Gasteiger partial charge >= 0.3 is 0 Å². The quantitative estimate of drug-likeness (QED) is 0.845. The van der Waals surface area contributed by atoms with E-state index in [1.807, 2.05) is 0 Å². The van der Waals surface area contributed by atoms with E-state index < -0.39 is 16.1 Å². The normalized spacial score (nSPS) is 13.4. The van der Waals surface area contributed by atoms with Gasteiger partial charge in [-0.05, 0) is 13.0 Å². The van der Waals surface area contributed by atoms with Crippen LogP contribution >= 0.6 is 23.2 Å². The Bertz CT molecular complexity index is 673. The number of aromatic nitrogens is 3. The van der Waals surface area contributed by atoms with Gasteiger partial charge in [0.05, 0.1) is 11.2 Å². The Kier molecular flexibility index (Phi) is 4.10. The summed E-state index contributed by atoms with van der Waals surface area (Å²) in [6.07, 6.45) is 4.30. The van der Waals surface area contributed by atoms with E-state index in [0.29, 0.717) is 0 Å². The number of sulfonamides is 1. The zero-order valence-electron chi connectivity index (χ0n) is 9.76. The van der Waals surface area contributed by atoms with Gasteiger partial charge < -0.3 is 0 Å². The Balaban J connectivity index is 2.25. The minimum Gasteiger partial charge on any atom is -0.285 e. The summed E-state index contributed by atoms with van der Waals surface area (Å²) >= 11 is 11.4. The summed E-state index contributed by atoms with van der Waals surface area (Å²) in [6.45, 7) is 1.70. The van der Waals surface area contributed by atoms with E-state index >= 15 is 0 Å². The molecule has 0 fully saturated rings. The molecule has 2 aromatic heterocycles. The standard InChI is InChI=1S/C10H10Cl2N4O2S/c1-6(7-3-14-15-4-7)16-19(17,18)8-2-9(11)10(12)13-5-8/h2-6,16H,1H3,(H,14,15). The van der Waals surface area contributed by atoms with Crippen LogP contribution in [0.25, 0.3) is 0 Å². The maximum Gasteiger partial charge on any atom is 0.242 e. The lowest BCUT2D eigenvalue weighted by Crippen LogP contribution is -2.26. The van der Waals surface area contributed by atoms with Crippen molar-refractivity contribution in [1.29, 1.82) is 0 Å². The lowest BCUT2D eigenvalue weighted by Gasteiger charge is -2.12. The molecule has 1 unspecified atom stereocenters. The molecule has 9 heteroatoms. The van der Waals surface area contributed by atoms with E-state index in [4.69, 9.17) is 23.2 Å². The second kappa shape index (κ2) is 5.46. The summed E-state index contributed by atoms with van der Waals surface area (Å²) < 4.78 is 26.7.